The predicted octanol–water partition coefficient (Wildman–Crippen LogP) is 2.57. The van der Waals surface area contributed by atoms with E-state index >= 15 is 0 Å². The number of pyridine rings is 1. The van der Waals surface area contributed by atoms with Gasteiger partial charge in [0.25, 0.3) is 11.5 Å². The minimum atomic E-state index is -0.564. The van der Waals surface area contributed by atoms with Gasteiger partial charge in [-0.15, -0.1) is 0 Å². The van der Waals surface area contributed by atoms with Crippen LogP contribution in [0.4, 0.5) is 10.1 Å². The van der Waals surface area contributed by atoms with Crippen molar-refractivity contribution >= 4 is 11.6 Å². The van der Waals surface area contributed by atoms with Gasteiger partial charge in [-0.1, -0.05) is 6.07 Å². The second-order valence-corrected chi connectivity index (χ2v) is 4.48. The summed E-state index contributed by atoms with van der Waals surface area (Å²) in [5.41, 5.74) is 1.03. The quantitative estimate of drug-likeness (QED) is 0.935. The summed E-state index contributed by atoms with van der Waals surface area (Å²) in [4.78, 5) is 23.4. The molecule has 1 N–H and O–H groups in total. The Labute approximate surface area is 115 Å². The van der Waals surface area contributed by atoms with E-state index in [1.165, 1.54) is 35.0 Å². The summed E-state index contributed by atoms with van der Waals surface area (Å²) in [5, 5.41) is 2.58. The largest absolute Gasteiger partial charge is 0.321 e. The molecule has 0 fully saturated rings. The zero-order valence-electron chi connectivity index (χ0n) is 11.3. The number of amides is 1. The number of anilines is 1. The Hall–Kier alpha value is -2.43. The molecule has 2 aromatic rings. The van der Waals surface area contributed by atoms with E-state index in [9.17, 15) is 14.0 Å². The molecule has 1 aromatic carbocycles. The van der Waals surface area contributed by atoms with E-state index < -0.39 is 11.7 Å². The summed E-state index contributed by atoms with van der Waals surface area (Å²) in [6, 6.07) is 7.28. The highest BCUT2D eigenvalue weighted by atomic mass is 19.1. The first kappa shape index (κ1) is 14.0. The minimum Gasteiger partial charge on any atom is -0.321 e. The second kappa shape index (κ2) is 5.69. The Balaban J connectivity index is 2.25. The molecule has 0 saturated carbocycles. The Kier molecular flexibility index (Phi) is 3.98. The van der Waals surface area contributed by atoms with Gasteiger partial charge in [-0.05, 0) is 37.6 Å². The van der Waals surface area contributed by atoms with Crippen LogP contribution in [0.3, 0.4) is 0 Å². The number of aromatic nitrogens is 1. The third-order valence-corrected chi connectivity index (χ3v) is 2.95. The molecule has 4 nitrogen and oxygen atoms in total. The molecule has 0 spiro atoms. The minimum absolute atomic E-state index is 0.0233. The summed E-state index contributed by atoms with van der Waals surface area (Å²) in [6.45, 7) is 4.08. The molecule has 0 aliphatic rings. The highest BCUT2D eigenvalue weighted by Gasteiger charge is 2.12. The van der Waals surface area contributed by atoms with Crippen LogP contribution in [0.2, 0.25) is 0 Å². The lowest BCUT2D eigenvalue weighted by Crippen LogP contribution is -2.20. The van der Waals surface area contributed by atoms with Crippen LogP contribution in [0, 0.1) is 12.7 Å². The Bertz CT molecular complexity index is 707. The van der Waals surface area contributed by atoms with Crippen molar-refractivity contribution in [3.05, 3.63) is 63.8 Å². The standard InChI is InChI=1S/C15H15FN2O2/c1-3-18-9-11(5-7-14(18)19)17-15(20)12-6-4-10(2)8-13(12)16/h4-9H,3H2,1-2H3,(H,17,20). The topological polar surface area (TPSA) is 51.1 Å². The molecule has 2 rings (SSSR count). The third-order valence-electron chi connectivity index (χ3n) is 2.95. The summed E-state index contributed by atoms with van der Waals surface area (Å²) in [7, 11) is 0. The third kappa shape index (κ3) is 2.93. The Morgan fingerprint density at radius 3 is 2.70 bits per heavy atom. The maximum absolute atomic E-state index is 13.7. The average molecular weight is 274 g/mol. The number of nitrogens with one attached hydrogen (secondary N) is 1. The molecule has 0 saturated heterocycles. The van der Waals surface area contributed by atoms with Crippen LogP contribution >= 0.6 is 0 Å². The fourth-order valence-electron chi connectivity index (χ4n) is 1.86. The molecule has 0 bridgehead atoms. The number of carbonyl (C=O) groups is 1. The molecule has 1 amide bonds. The number of halogens is 1. The lowest BCUT2D eigenvalue weighted by Gasteiger charge is -2.08. The van der Waals surface area contributed by atoms with Crippen LogP contribution in [0.25, 0.3) is 0 Å². The summed E-state index contributed by atoms with van der Waals surface area (Å²) in [6.07, 6.45) is 1.53. The number of hydrogen-bond acceptors (Lipinski definition) is 2. The van der Waals surface area contributed by atoms with Crippen molar-refractivity contribution in [2.24, 2.45) is 0 Å². The fourth-order valence-corrected chi connectivity index (χ4v) is 1.86. The SMILES string of the molecule is CCn1cc(NC(=O)c2ccc(C)cc2F)ccc1=O. The lowest BCUT2D eigenvalue weighted by molar-refractivity contribution is 0.102. The smallest absolute Gasteiger partial charge is 0.258 e. The molecule has 0 aliphatic heterocycles. The van der Waals surface area contributed by atoms with Gasteiger partial charge in [0.05, 0.1) is 11.3 Å². The number of nitrogens with zero attached hydrogens (tertiary/aromatic N) is 1. The van der Waals surface area contributed by atoms with Gasteiger partial charge in [-0.2, -0.15) is 0 Å². The van der Waals surface area contributed by atoms with Crippen LogP contribution in [0.15, 0.2) is 41.3 Å². The summed E-state index contributed by atoms with van der Waals surface area (Å²) < 4.78 is 15.2. The molecule has 0 unspecified atom stereocenters. The highest BCUT2D eigenvalue weighted by Crippen LogP contribution is 2.12. The lowest BCUT2D eigenvalue weighted by atomic mass is 10.1. The summed E-state index contributed by atoms with van der Waals surface area (Å²) >= 11 is 0. The molecule has 5 heteroatoms. The van der Waals surface area contributed by atoms with E-state index in [1.807, 2.05) is 6.92 Å². The first-order valence-electron chi connectivity index (χ1n) is 6.29. The van der Waals surface area contributed by atoms with Gasteiger partial charge in [0.1, 0.15) is 5.82 Å². The predicted molar refractivity (Wildman–Crippen MR) is 75.5 cm³/mol. The molecule has 104 valence electrons. The molecule has 0 radical (unpaired) electrons. The van der Waals surface area contributed by atoms with E-state index in [4.69, 9.17) is 0 Å². The van der Waals surface area contributed by atoms with Gasteiger partial charge in [-0.25, -0.2) is 4.39 Å². The van der Waals surface area contributed by atoms with Gasteiger partial charge < -0.3 is 9.88 Å². The Morgan fingerprint density at radius 1 is 1.30 bits per heavy atom. The maximum atomic E-state index is 13.7. The van der Waals surface area contributed by atoms with Crippen LogP contribution < -0.4 is 10.9 Å². The van der Waals surface area contributed by atoms with Crippen molar-refractivity contribution in [2.45, 2.75) is 20.4 Å². The number of carbonyl (C=O) groups excluding carboxylic acids is 1. The van der Waals surface area contributed by atoms with Crippen LogP contribution in [0.5, 0.6) is 0 Å². The van der Waals surface area contributed by atoms with Crippen LogP contribution in [-0.4, -0.2) is 10.5 Å². The number of hydrogen-bond donors (Lipinski definition) is 1. The van der Waals surface area contributed by atoms with Gasteiger partial charge in [0, 0.05) is 18.8 Å². The Morgan fingerprint density at radius 2 is 2.05 bits per heavy atom. The highest BCUT2D eigenvalue weighted by molar-refractivity contribution is 6.04. The van der Waals surface area contributed by atoms with E-state index in [0.717, 1.165) is 5.56 Å². The molecular formula is C15H15FN2O2. The van der Waals surface area contributed by atoms with E-state index in [0.29, 0.717) is 12.2 Å². The number of benzene rings is 1. The monoisotopic (exact) mass is 274 g/mol. The molecule has 1 aromatic heterocycles. The molecule has 0 aliphatic carbocycles. The molecular weight excluding hydrogens is 259 g/mol. The normalized spacial score (nSPS) is 10.3. The molecule has 20 heavy (non-hydrogen) atoms. The zero-order valence-corrected chi connectivity index (χ0v) is 11.3. The van der Waals surface area contributed by atoms with Gasteiger partial charge >= 0.3 is 0 Å². The fraction of sp³-hybridized carbons (Fsp3) is 0.200. The van der Waals surface area contributed by atoms with Crippen LogP contribution in [0.1, 0.15) is 22.8 Å². The maximum Gasteiger partial charge on any atom is 0.258 e. The first-order valence-corrected chi connectivity index (χ1v) is 6.29. The first-order chi connectivity index (χ1) is 9.51. The van der Waals surface area contributed by atoms with Gasteiger partial charge in [-0.3, -0.25) is 9.59 Å². The van der Waals surface area contributed by atoms with Crippen LogP contribution in [-0.2, 0) is 6.54 Å². The van der Waals surface area contributed by atoms with Crippen molar-refractivity contribution in [3.8, 4) is 0 Å². The van der Waals surface area contributed by atoms with Crippen molar-refractivity contribution in [1.29, 1.82) is 0 Å². The molecule has 0 atom stereocenters. The zero-order chi connectivity index (χ0) is 14.7. The summed E-state index contributed by atoms with van der Waals surface area (Å²) in [5.74, 6) is -1.10. The average Bonchev–Trinajstić information content (AvgIpc) is 2.40. The van der Waals surface area contributed by atoms with Crippen molar-refractivity contribution in [3.63, 3.8) is 0 Å². The second-order valence-electron chi connectivity index (χ2n) is 4.48. The van der Waals surface area contributed by atoms with Crippen molar-refractivity contribution < 1.29 is 9.18 Å². The number of aryl methyl sites for hydroxylation is 2. The van der Waals surface area contributed by atoms with E-state index in [2.05, 4.69) is 5.32 Å². The van der Waals surface area contributed by atoms with Crippen molar-refractivity contribution in [2.75, 3.05) is 5.32 Å². The van der Waals surface area contributed by atoms with E-state index in [1.54, 1.807) is 13.0 Å². The van der Waals surface area contributed by atoms with Gasteiger partial charge in [0.15, 0.2) is 0 Å². The molecule has 1 heterocycles. The van der Waals surface area contributed by atoms with Gasteiger partial charge in [0.2, 0.25) is 0 Å². The number of rotatable bonds is 3. The van der Waals surface area contributed by atoms with E-state index in [-0.39, 0.29) is 11.1 Å². The van der Waals surface area contributed by atoms with Crippen molar-refractivity contribution in [1.82, 2.24) is 4.57 Å².